The van der Waals surface area contributed by atoms with Crippen LogP contribution in [0.3, 0.4) is 0 Å². The Labute approximate surface area is 128 Å². The van der Waals surface area contributed by atoms with Gasteiger partial charge in [0.15, 0.2) is 0 Å². The molecule has 0 saturated carbocycles. The number of aromatic nitrogens is 1. The van der Waals surface area contributed by atoms with E-state index in [1.807, 2.05) is 24.3 Å². The van der Waals surface area contributed by atoms with Gasteiger partial charge in [0.2, 0.25) is 0 Å². The summed E-state index contributed by atoms with van der Waals surface area (Å²) in [6.07, 6.45) is 1.58. The molecule has 0 radical (unpaired) electrons. The number of carbonyl (C=O) groups is 1. The molecule has 1 saturated heterocycles. The first-order valence-corrected chi connectivity index (χ1v) is 7.13. The van der Waals surface area contributed by atoms with Crippen molar-refractivity contribution >= 4 is 23.2 Å². The highest BCUT2D eigenvalue weighted by molar-refractivity contribution is 5.94. The minimum absolute atomic E-state index is 0.152. The molecular formula is C16H17N3O3. The Bertz CT molecular complexity index is 669. The lowest BCUT2D eigenvalue weighted by Crippen LogP contribution is -2.36. The molecule has 0 bridgehead atoms. The third-order valence-corrected chi connectivity index (χ3v) is 3.55. The van der Waals surface area contributed by atoms with E-state index in [-0.39, 0.29) is 5.56 Å². The summed E-state index contributed by atoms with van der Waals surface area (Å²) >= 11 is 0. The highest BCUT2D eigenvalue weighted by atomic mass is 16.5. The van der Waals surface area contributed by atoms with E-state index in [1.54, 1.807) is 12.3 Å². The maximum absolute atomic E-state index is 11.3. The first-order valence-electron chi connectivity index (χ1n) is 7.13. The molecule has 2 aromatic rings. The number of hydrogen-bond donors (Lipinski definition) is 2. The first-order chi connectivity index (χ1) is 10.8. The van der Waals surface area contributed by atoms with E-state index < -0.39 is 5.97 Å². The molecule has 1 aromatic carbocycles. The van der Waals surface area contributed by atoms with E-state index in [2.05, 4.69) is 15.2 Å². The topological polar surface area (TPSA) is 74.7 Å². The third-order valence-electron chi connectivity index (χ3n) is 3.55. The van der Waals surface area contributed by atoms with E-state index in [4.69, 9.17) is 4.74 Å². The summed E-state index contributed by atoms with van der Waals surface area (Å²) in [5.41, 5.74) is 2.01. The Morgan fingerprint density at radius 1 is 1.18 bits per heavy atom. The molecule has 114 valence electrons. The van der Waals surface area contributed by atoms with Gasteiger partial charge < -0.3 is 20.1 Å². The van der Waals surface area contributed by atoms with Gasteiger partial charge in [0.25, 0.3) is 0 Å². The summed E-state index contributed by atoms with van der Waals surface area (Å²) in [7, 11) is 0. The van der Waals surface area contributed by atoms with Gasteiger partial charge in [0.1, 0.15) is 11.4 Å². The summed E-state index contributed by atoms with van der Waals surface area (Å²) in [4.78, 5) is 17.7. The van der Waals surface area contributed by atoms with Crippen molar-refractivity contribution in [3.05, 3.63) is 48.2 Å². The van der Waals surface area contributed by atoms with Crippen molar-refractivity contribution in [1.29, 1.82) is 0 Å². The molecule has 3 rings (SSSR count). The second kappa shape index (κ2) is 6.44. The molecule has 2 heterocycles. The Kier molecular flexibility index (Phi) is 4.20. The van der Waals surface area contributed by atoms with Gasteiger partial charge in [-0.25, -0.2) is 9.78 Å². The van der Waals surface area contributed by atoms with E-state index in [9.17, 15) is 9.90 Å². The van der Waals surface area contributed by atoms with Gasteiger partial charge in [-0.05, 0) is 24.3 Å². The quantitative estimate of drug-likeness (QED) is 0.902. The van der Waals surface area contributed by atoms with Crippen molar-refractivity contribution in [2.24, 2.45) is 0 Å². The van der Waals surface area contributed by atoms with Crippen molar-refractivity contribution in [3.8, 4) is 0 Å². The van der Waals surface area contributed by atoms with Gasteiger partial charge in [-0.3, -0.25) is 0 Å². The van der Waals surface area contributed by atoms with E-state index in [1.165, 1.54) is 6.07 Å². The monoisotopic (exact) mass is 299 g/mol. The Hall–Kier alpha value is -2.60. The number of nitrogens with one attached hydrogen (secondary N) is 1. The van der Waals surface area contributed by atoms with Crippen LogP contribution in [0.2, 0.25) is 0 Å². The number of benzene rings is 1. The van der Waals surface area contributed by atoms with Crippen molar-refractivity contribution in [2.45, 2.75) is 0 Å². The second-order valence-corrected chi connectivity index (χ2v) is 4.95. The van der Waals surface area contributed by atoms with Crippen molar-refractivity contribution in [2.75, 3.05) is 36.5 Å². The molecule has 0 atom stereocenters. The normalized spacial score (nSPS) is 14.6. The predicted molar refractivity (Wildman–Crippen MR) is 84.0 cm³/mol. The summed E-state index contributed by atoms with van der Waals surface area (Å²) in [6.45, 7) is 3.01. The van der Waals surface area contributed by atoms with E-state index in [0.717, 1.165) is 24.5 Å². The average Bonchev–Trinajstić information content (AvgIpc) is 2.56. The number of hydrogen-bond acceptors (Lipinski definition) is 5. The fourth-order valence-electron chi connectivity index (χ4n) is 2.46. The molecule has 1 aliphatic rings. The number of ether oxygens (including phenoxy) is 1. The highest BCUT2D eigenvalue weighted by Crippen LogP contribution is 2.29. The SMILES string of the molecule is O=C(O)c1cccnc1Nc1ccccc1N1CCOCC1. The molecular weight excluding hydrogens is 282 g/mol. The van der Waals surface area contributed by atoms with Crippen LogP contribution in [-0.4, -0.2) is 42.4 Å². The molecule has 0 aliphatic carbocycles. The van der Waals surface area contributed by atoms with Crippen LogP contribution < -0.4 is 10.2 Å². The van der Waals surface area contributed by atoms with Crippen LogP contribution in [0.15, 0.2) is 42.6 Å². The Morgan fingerprint density at radius 3 is 2.73 bits per heavy atom. The zero-order valence-corrected chi connectivity index (χ0v) is 12.0. The molecule has 2 N–H and O–H groups in total. The molecule has 1 aromatic heterocycles. The standard InChI is InChI=1S/C16H17N3O3/c20-16(21)12-4-3-7-17-15(12)18-13-5-1-2-6-14(13)19-8-10-22-11-9-19/h1-7H,8-11H2,(H,17,18)(H,20,21). The number of aromatic carboxylic acids is 1. The minimum Gasteiger partial charge on any atom is -0.478 e. The lowest BCUT2D eigenvalue weighted by molar-refractivity contribution is 0.0697. The van der Waals surface area contributed by atoms with Crippen LogP contribution in [0.5, 0.6) is 0 Å². The van der Waals surface area contributed by atoms with E-state index >= 15 is 0 Å². The number of pyridine rings is 1. The molecule has 1 fully saturated rings. The maximum Gasteiger partial charge on any atom is 0.339 e. The zero-order valence-electron chi connectivity index (χ0n) is 12.0. The largest absolute Gasteiger partial charge is 0.478 e. The molecule has 0 amide bonds. The van der Waals surface area contributed by atoms with Crippen LogP contribution in [-0.2, 0) is 4.74 Å². The predicted octanol–water partition coefficient (Wildman–Crippen LogP) is 2.36. The number of anilines is 3. The van der Waals surface area contributed by atoms with Crippen LogP contribution >= 0.6 is 0 Å². The summed E-state index contributed by atoms with van der Waals surface area (Å²) < 4.78 is 5.38. The summed E-state index contributed by atoms with van der Waals surface area (Å²) in [5, 5.41) is 12.4. The Balaban J connectivity index is 1.91. The van der Waals surface area contributed by atoms with Crippen LogP contribution in [0.1, 0.15) is 10.4 Å². The summed E-state index contributed by atoms with van der Waals surface area (Å²) in [5.74, 6) is -0.657. The first kappa shape index (κ1) is 14.3. The molecule has 0 spiro atoms. The van der Waals surface area contributed by atoms with Crippen LogP contribution in [0, 0.1) is 0 Å². The van der Waals surface area contributed by atoms with Crippen molar-refractivity contribution in [1.82, 2.24) is 4.98 Å². The van der Waals surface area contributed by atoms with Gasteiger partial charge in [-0.1, -0.05) is 12.1 Å². The second-order valence-electron chi connectivity index (χ2n) is 4.95. The maximum atomic E-state index is 11.3. The molecule has 6 heteroatoms. The number of carboxylic acids is 1. The lowest BCUT2D eigenvalue weighted by Gasteiger charge is -2.30. The van der Waals surface area contributed by atoms with Gasteiger partial charge in [0, 0.05) is 19.3 Å². The van der Waals surface area contributed by atoms with Gasteiger partial charge in [0.05, 0.1) is 24.6 Å². The molecule has 22 heavy (non-hydrogen) atoms. The summed E-state index contributed by atoms with van der Waals surface area (Å²) in [6, 6.07) is 11.0. The Morgan fingerprint density at radius 2 is 1.95 bits per heavy atom. The number of carboxylic acid groups (broad SMARTS) is 1. The van der Waals surface area contributed by atoms with Gasteiger partial charge in [-0.2, -0.15) is 0 Å². The number of nitrogens with zero attached hydrogens (tertiary/aromatic N) is 2. The smallest absolute Gasteiger partial charge is 0.339 e. The van der Waals surface area contributed by atoms with Gasteiger partial charge in [-0.15, -0.1) is 0 Å². The average molecular weight is 299 g/mol. The fourth-order valence-corrected chi connectivity index (χ4v) is 2.46. The van der Waals surface area contributed by atoms with E-state index in [0.29, 0.717) is 19.0 Å². The van der Waals surface area contributed by atoms with Crippen LogP contribution in [0.4, 0.5) is 17.2 Å². The van der Waals surface area contributed by atoms with Crippen molar-refractivity contribution in [3.63, 3.8) is 0 Å². The minimum atomic E-state index is -1.00. The molecule has 0 unspecified atom stereocenters. The van der Waals surface area contributed by atoms with Crippen LogP contribution in [0.25, 0.3) is 0 Å². The number of para-hydroxylation sites is 2. The molecule has 6 nitrogen and oxygen atoms in total. The lowest BCUT2D eigenvalue weighted by atomic mass is 10.2. The number of morpholine rings is 1. The highest BCUT2D eigenvalue weighted by Gasteiger charge is 2.16. The number of rotatable bonds is 4. The molecule has 1 aliphatic heterocycles. The fraction of sp³-hybridized carbons (Fsp3) is 0.250. The van der Waals surface area contributed by atoms with Crippen molar-refractivity contribution < 1.29 is 14.6 Å². The zero-order chi connectivity index (χ0) is 15.4. The van der Waals surface area contributed by atoms with Gasteiger partial charge >= 0.3 is 5.97 Å². The third kappa shape index (κ3) is 3.01.